The minimum absolute atomic E-state index is 0.0370. The van der Waals surface area contributed by atoms with Crippen LogP contribution in [0.5, 0.6) is 0 Å². The summed E-state index contributed by atoms with van der Waals surface area (Å²) in [5, 5.41) is 9.15. The van der Waals surface area contributed by atoms with Gasteiger partial charge in [0.1, 0.15) is 17.7 Å². The molecule has 0 N–H and O–H groups in total. The molecule has 1 unspecified atom stereocenters. The molecule has 0 aliphatic heterocycles. The lowest BCUT2D eigenvalue weighted by Gasteiger charge is -2.21. The highest BCUT2D eigenvalue weighted by atomic mass is 19.1. The largest absolute Gasteiger partial charge is 0.380 e. The van der Waals surface area contributed by atoms with Crippen molar-refractivity contribution in [2.75, 3.05) is 7.11 Å². The van der Waals surface area contributed by atoms with Gasteiger partial charge in [-0.05, 0) is 36.1 Å². The van der Waals surface area contributed by atoms with Crippen molar-refractivity contribution in [2.24, 2.45) is 7.05 Å². The second-order valence-corrected chi connectivity index (χ2v) is 8.62. The zero-order valence-corrected chi connectivity index (χ0v) is 20.4. The van der Waals surface area contributed by atoms with Crippen LogP contribution >= 0.6 is 0 Å². The fourth-order valence-corrected chi connectivity index (χ4v) is 4.34. The van der Waals surface area contributed by atoms with Crippen LogP contribution in [0.3, 0.4) is 0 Å². The molecule has 0 aliphatic rings. The minimum atomic E-state index is -0.624. The Hall–Kier alpha value is -3.30. The zero-order chi connectivity index (χ0) is 24.7. The van der Waals surface area contributed by atoms with Crippen molar-refractivity contribution in [1.82, 2.24) is 9.55 Å². The van der Waals surface area contributed by atoms with Crippen LogP contribution < -0.4 is 5.56 Å². The molecule has 1 atom stereocenters. The molecule has 3 aromatic rings. The first kappa shape index (κ1) is 25.3. The van der Waals surface area contributed by atoms with Crippen molar-refractivity contribution in [3.63, 3.8) is 0 Å². The summed E-state index contributed by atoms with van der Waals surface area (Å²) in [6.45, 7) is 4.75. The number of aromatic nitrogens is 2. The van der Waals surface area contributed by atoms with Gasteiger partial charge in [-0.3, -0.25) is 9.36 Å². The Labute approximate surface area is 200 Å². The molecule has 0 bridgehead atoms. The van der Waals surface area contributed by atoms with Crippen molar-refractivity contribution in [1.29, 1.82) is 5.26 Å². The lowest BCUT2D eigenvalue weighted by Crippen LogP contribution is -2.27. The van der Waals surface area contributed by atoms with Gasteiger partial charge in [0.05, 0.1) is 23.4 Å². The van der Waals surface area contributed by atoms with Gasteiger partial charge in [-0.2, -0.15) is 5.26 Å². The molecule has 0 radical (unpaired) electrons. The van der Waals surface area contributed by atoms with E-state index in [0.29, 0.717) is 29.0 Å². The lowest BCUT2D eigenvalue weighted by molar-refractivity contribution is 0.185. The number of unbranched alkanes of at least 4 members (excludes halogenated alkanes) is 1. The Bertz CT molecular complexity index is 1230. The van der Waals surface area contributed by atoms with Crippen molar-refractivity contribution >= 4 is 0 Å². The Morgan fingerprint density at radius 1 is 1.09 bits per heavy atom. The van der Waals surface area contributed by atoms with Crippen LogP contribution in [-0.2, 0) is 18.4 Å². The van der Waals surface area contributed by atoms with E-state index in [4.69, 9.17) is 15.0 Å². The Balaban J connectivity index is 2.27. The smallest absolute Gasteiger partial charge is 0.261 e. The molecule has 0 fully saturated rings. The average Bonchev–Trinajstić information content (AvgIpc) is 2.84. The Morgan fingerprint density at radius 2 is 1.79 bits per heavy atom. The van der Waals surface area contributed by atoms with Gasteiger partial charge in [-0.15, -0.1) is 0 Å². The lowest BCUT2D eigenvalue weighted by atomic mass is 9.94. The topological polar surface area (TPSA) is 67.9 Å². The third-order valence-electron chi connectivity index (χ3n) is 6.15. The van der Waals surface area contributed by atoms with Crippen LogP contribution in [0, 0.1) is 17.1 Å². The molecule has 0 saturated heterocycles. The van der Waals surface area contributed by atoms with Gasteiger partial charge in [0, 0.05) is 25.6 Å². The summed E-state index contributed by atoms with van der Waals surface area (Å²) in [4.78, 5) is 18.7. The number of rotatable bonds is 10. The van der Waals surface area contributed by atoms with Crippen molar-refractivity contribution in [2.45, 2.75) is 58.5 Å². The third-order valence-corrected chi connectivity index (χ3v) is 6.15. The summed E-state index contributed by atoms with van der Waals surface area (Å²) < 4.78 is 21.4. The molecule has 0 spiro atoms. The molecular weight excluding hydrogens is 429 g/mol. The van der Waals surface area contributed by atoms with Crippen molar-refractivity contribution < 1.29 is 9.13 Å². The fraction of sp³-hybridized carbons (Fsp3) is 0.393. The highest BCUT2D eigenvalue weighted by molar-refractivity contribution is 5.80. The predicted octanol–water partition coefficient (Wildman–Crippen LogP) is 6.35. The van der Waals surface area contributed by atoms with Crippen molar-refractivity contribution in [3.05, 3.63) is 75.6 Å². The molecule has 0 saturated carbocycles. The number of benzene rings is 2. The molecule has 0 aliphatic carbocycles. The Kier molecular flexibility index (Phi) is 8.72. The normalized spacial score (nSPS) is 11.9. The first-order chi connectivity index (χ1) is 16.4. The van der Waals surface area contributed by atoms with Gasteiger partial charge in [-0.25, -0.2) is 9.37 Å². The van der Waals surface area contributed by atoms with E-state index in [9.17, 15) is 9.18 Å². The molecule has 0 amide bonds. The molecule has 34 heavy (non-hydrogen) atoms. The molecule has 178 valence electrons. The first-order valence-corrected chi connectivity index (χ1v) is 11.8. The van der Waals surface area contributed by atoms with Crippen LogP contribution in [0.1, 0.15) is 68.8 Å². The summed E-state index contributed by atoms with van der Waals surface area (Å²) in [6, 6.07) is 13.8. The standard InChI is InChI=1S/C28H32FN3O2/c1-5-7-9-21(8-6-2)27-31-26(22-14-15-23(17-30)24(29)16-22)25(28(33)32(27)3)20-12-10-19(11-13-20)18-34-4/h10-16,21H,5-9,18H2,1-4H3. The molecular formula is C28H32FN3O2. The number of halogens is 1. The maximum Gasteiger partial charge on any atom is 0.261 e. The third kappa shape index (κ3) is 5.43. The van der Waals surface area contributed by atoms with E-state index in [1.165, 1.54) is 12.1 Å². The molecule has 2 aromatic carbocycles. The Morgan fingerprint density at radius 3 is 2.38 bits per heavy atom. The van der Waals surface area contributed by atoms with Crippen LogP contribution in [0.2, 0.25) is 0 Å². The number of ether oxygens (including phenoxy) is 1. The molecule has 5 nitrogen and oxygen atoms in total. The van der Waals surface area contributed by atoms with E-state index in [2.05, 4.69) is 13.8 Å². The van der Waals surface area contributed by atoms with Gasteiger partial charge in [0.15, 0.2) is 0 Å². The maximum absolute atomic E-state index is 14.6. The minimum Gasteiger partial charge on any atom is -0.380 e. The fourth-order valence-electron chi connectivity index (χ4n) is 4.34. The quantitative estimate of drug-likeness (QED) is 0.353. The van der Waals surface area contributed by atoms with Gasteiger partial charge >= 0.3 is 0 Å². The number of nitriles is 1. The summed E-state index contributed by atoms with van der Waals surface area (Å²) in [5.74, 6) is 0.240. The molecule has 1 heterocycles. The van der Waals surface area contributed by atoms with E-state index < -0.39 is 5.82 Å². The number of hydrogen-bond donors (Lipinski definition) is 0. The predicted molar refractivity (Wildman–Crippen MR) is 133 cm³/mol. The number of methoxy groups -OCH3 is 1. The molecule has 3 rings (SSSR count). The SMILES string of the molecule is CCCCC(CCC)c1nc(-c2ccc(C#N)c(F)c2)c(-c2ccc(COC)cc2)c(=O)n1C. The van der Waals surface area contributed by atoms with Gasteiger partial charge in [-0.1, -0.05) is 63.4 Å². The second-order valence-electron chi connectivity index (χ2n) is 8.62. The highest BCUT2D eigenvalue weighted by Crippen LogP contribution is 2.33. The molecule has 6 heteroatoms. The van der Waals surface area contributed by atoms with Crippen LogP contribution in [0.15, 0.2) is 47.3 Å². The summed E-state index contributed by atoms with van der Waals surface area (Å²) in [5.41, 5.74) is 2.84. The van der Waals surface area contributed by atoms with Gasteiger partial charge in [0.2, 0.25) is 0 Å². The van der Waals surface area contributed by atoms with Crippen molar-refractivity contribution in [3.8, 4) is 28.5 Å². The maximum atomic E-state index is 14.6. The van der Waals surface area contributed by atoms with E-state index in [0.717, 1.165) is 43.5 Å². The zero-order valence-electron chi connectivity index (χ0n) is 20.4. The van der Waals surface area contributed by atoms with E-state index in [1.54, 1.807) is 24.8 Å². The van der Waals surface area contributed by atoms with Crippen LogP contribution in [0.25, 0.3) is 22.4 Å². The van der Waals surface area contributed by atoms with Crippen LogP contribution in [0.4, 0.5) is 4.39 Å². The monoisotopic (exact) mass is 461 g/mol. The summed E-state index contributed by atoms with van der Waals surface area (Å²) >= 11 is 0. The summed E-state index contributed by atoms with van der Waals surface area (Å²) in [7, 11) is 3.40. The highest BCUT2D eigenvalue weighted by Gasteiger charge is 2.23. The summed E-state index contributed by atoms with van der Waals surface area (Å²) in [6.07, 6.45) is 4.95. The number of nitrogens with zero attached hydrogens (tertiary/aromatic N) is 3. The van der Waals surface area contributed by atoms with Gasteiger partial charge < -0.3 is 4.74 Å². The van der Waals surface area contributed by atoms with E-state index in [1.807, 2.05) is 30.3 Å². The molecule has 1 aromatic heterocycles. The second kappa shape index (κ2) is 11.7. The average molecular weight is 462 g/mol. The first-order valence-electron chi connectivity index (χ1n) is 11.8. The van der Waals surface area contributed by atoms with Gasteiger partial charge in [0.25, 0.3) is 5.56 Å². The van der Waals surface area contributed by atoms with E-state index in [-0.39, 0.29) is 17.0 Å². The van der Waals surface area contributed by atoms with E-state index >= 15 is 0 Å². The van der Waals surface area contributed by atoms with Crippen LogP contribution in [-0.4, -0.2) is 16.7 Å². The number of hydrogen-bond acceptors (Lipinski definition) is 4.